The molecule has 1 amide bonds. The molecule has 0 saturated carbocycles. The number of anilines is 2. The molecule has 192 valence electrons. The highest BCUT2D eigenvalue weighted by molar-refractivity contribution is 7.89. The first-order chi connectivity index (χ1) is 16.5. The maximum absolute atomic E-state index is 13.1. The average molecular weight is 504 g/mol. The van der Waals surface area contributed by atoms with Crippen LogP contribution in [-0.4, -0.2) is 82.4 Å². The van der Waals surface area contributed by atoms with Crippen molar-refractivity contribution in [2.75, 3.05) is 58.1 Å². The van der Waals surface area contributed by atoms with Crippen molar-refractivity contribution in [3.05, 3.63) is 41.6 Å². The lowest BCUT2D eigenvalue weighted by atomic mass is 10.0. The van der Waals surface area contributed by atoms with Crippen molar-refractivity contribution in [3.8, 4) is 5.75 Å². The van der Waals surface area contributed by atoms with Crippen LogP contribution in [0.15, 0.2) is 35.4 Å². The number of carbonyl (C=O) groups is 1. The zero-order valence-corrected chi connectivity index (χ0v) is 22.4. The summed E-state index contributed by atoms with van der Waals surface area (Å²) in [5.41, 5.74) is 1.81. The lowest BCUT2D eigenvalue weighted by molar-refractivity contribution is -0.116. The second kappa shape index (κ2) is 11.4. The molecular weight excluding hydrogens is 466 g/mol. The summed E-state index contributed by atoms with van der Waals surface area (Å²) in [7, 11) is 3.52. The molecule has 1 fully saturated rings. The van der Waals surface area contributed by atoms with Gasteiger partial charge in [-0.15, -0.1) is 0 Å². The number of carbonyl (C=O) groups excluding carboxylic acids is 1. The number of amides is 1. The smallest absolute Gasteiger partial charge is 0.243 e. The van der Waals surface area contributed by atoms with E-state index in [4.69, 9.17) is 4.74 Å². The van der Waals surface area contributed by atoms with Gasteiger partial charge in [-0.05, 0) is 76.2 Å². The molecule has 2 aromatic rings. The van der Waals surface area contributed by atoms with Gasteiger partial charge in [-0.3, -0.25) is 4.79 Å². The summed E-state index contributed by atoms with van der Waals surface area (Å²) >= 11 is 0. The van der Waals surface area contributed by atoms with Crippen LogP contribution in [0.3, 0.4) is 0 Å². The molecule has 1 aliphatic heterocycles. The summed E-state index contributed by atoms with van der Waals surface area (Å²) in [6.45, 7) is 5.45. The molecule has 0 spiro atoms. The van der Waals surface area contributed by atoms with E-state index in [2.05, 4.69) is 34.2 Å². The number of hydrogen-bond donors (Lipinski definition) is 1. The van der Waals surface area contributed by atoms with Crippen LogP contribution < -0.4 is 15.0 Å². The molecule has 1 aliphatic rings. The number of benzene rings is 1. The first-order valence-electron chi connectivity index (χ1n) is 11.8. The van der Waals surface area contributed by atoms with E-state index in [1.165, 1.54) is 11.4 Å². The molecular formula is C25H37N5O4S. The summed E-state index contributed by atoms with van der Waals surface area (Å²) < 4.78 is 32.7. The highest BCUT2D eigenvalue weighted by atomic mass is 32.2. The van der Waals surface area contributed by atoms with Crippen molar-refractivity contribution in [2.45, 2.75) is 44.0 Å². The molecule has 0 aliphatic carbocycles. The molecule has 9 nitrogen and oxygen atoms in total. The Morgan fingerprint density at radius 3 is 2.29 bits per heavy atom. The monoisotopic (exact) mass is 503 g/mol. The van der Waals surface area contributed by atoms with E-state index in [1.54, 1.807) is 39.3 Å². The first-order valence-corrected chi connectivity index (χ1v) is 13.3. The zero-order chi connectivity index (χ0) is 25.8. The van der Waals surface area contributed by atoms with Crippen LogP contribution in [0.25, 0.3) is 0 Å². The minimum absolute atomic E-state index is 0.0315. The molecule has 1 N–H and O–H groups in total. The Balaban J connectivity index is 1.55. The Morgan fingerprint density at radius 1 is 1.14 bits per heavy atom. The van der Waals surface area contributed by atoms with Crippen LogP contribution in [0.4, 0.5) is 11.5 Å². The van der Waals surface area contributed by atoms with Crippen LogP contribution in [0.1, 0.15) is 30.4 Å². The van der Waals surface area contributed by atoms with Gasteiger partial charge in [0.1, 0.15) is 11.6 Å². The van der Waals surface area contributed by atoms with Gasteiger partial charge < -0.3 is 19.9 Å². The van der Waals surface area contributed by atoms with Gasteiger partial charge in [0.25, 0.3) is 0 Å². The Hall–Kier alpha value is -2.69. The Kier molecular flexibility index (Phi) is 8.74. The van der Waals surface area contributed by atoms with E-state index in [1.807, 2.05) is 12.1 Å². The van der Waals surface area contributed by atoms with Crippen molar-refractivity contribution in [2.24, 2.45) is 0 Å². The molecule has 2 heterocycles. The minimum Gasteiger partial charge on any atom is -0.497 e. The van der Waals surface area contributed by atoms with Crippen molar-refractivity contribution in [3.63, 3.8) is 0 Å². The first kappa shape index (κ1) is 26.9. The van der Waals surface area contributed by atoms with Gasteiger partial charge in [-0.2, -0.15) is 0 Å². The van der Waals surface area contributed by atoms with Crippen molar-refractivity contribution in [1.82, 2.24) is 14.2 Å². The van der Waals surface area contributed by atoms with E-state index in [-0.39, 0.29) is 23.8 Å². The van der Waals surface area contributed by atoms with E-state index in [0.29, 0.717) is 28.6 Å². The highest BCUT2D eigenvalue weighted by Crippen LogP contribution is 2.28. The molecule has 0 unspecified atom stereocenters. The van der Waals surface area contributed by atoms with Gasteiger partial charge in [0, 0.05) is 39.1 Å². The van der Waals surface area contributed by atoms with Gasteiger partial charge in [0.15, 0.2) is 0 Å². The van der Waals surface area contributed by atoms with Crippen molar-refractivity contribution < 1.29 is 17.9 Å². The number of sulfonamides is 1. The van der Waals surface area contributed by atoms with Crippen molar-refractivity contribution in [1.29, 1.82) is 0 Å². The Morgan fingerprint density at radius 2 is 1.77 bits per heavy atom. The van der Waals surface area contributed by atoms with E-state index in [9.17, 15) is 13.2 Å². The number of piperidine rings is 1. The van der Waals surface area contributed by atoms with Gasteiger partial charge >= 0.3 is 0 Å². The summed E-state index contributed by atoms with van der Waals surface area (Å²) in [5.74, 6) is 1.24. The van der Waals surface area contributed by atoms with Crippen LogP contribution in [-0.2, 0) is 14.8 Å². The summed E-state index contributed by atoms with van der Waals surface area (Å²) in [4.78, 5) is 21.8. The quantitative estimate of drug-likeness (QED) is 0.562. The lowest BCUT2D eigenvalue weighted by Gasteiger charge is -2.35. The number of pyridine rings is 1. The van der Waals surface area contributed by atoms with E-state index < -0.39 is 10.0 Å². The zero-order valence-electron chi connectivity index (χ0n) is 21.5. The third-order valence-corrected chi connectivity index (χ3v) is 8.71. The average Bonchev–Trinajstić information content (AvgIpc) is 2.82. The summed E-state index contributed by atoms with van der Waals surface area (Å²) in [6, 6.07) is 7.74. The SMILES string of the molecule is COc1cc(C)c(S(=O)(=O)N(C)CCC(=O)Nc2ccc(N3CCC(N(C)C)CC3)nc2)c(C)c1. The number of aromatic nitrogens is 1. The van der Waals surface area contributed by atoms with Gasteiger partial charge in [-0.1, -0.05) is 0 Å². The molecule has 0 atom stereocenters. The maximum atomic E-state index is 13.1. The molecule has 1 aromatic carbocycles. The molecule has 10 heteroatoms. The third kappa shape index (κ3) is 6.50. The number of aryl methyl sites for hydroxylation is 2. The standard InChI is InChI=1S/C25H37N5O4S/c1-18-15-22(34-6)16-19(2)25(18)35(32,33)29(5)12-11-24(31)27-20-7-8-23(26-17-20)30-13-9-21(10-14-30)28(3)4/h7-8,15-17,21H,9-14H2,1-6H3,(H,27,31). The third-order valence-electron chi connectivity index (χ3n) is 6.54. The van der Waals surface area contributed by atoms with E-state index in [0.717, 1.165) is 31.7 Å². The number of methoxy groups -OCH3 is 1. The highest BCUT2D eigenvalue weighted by Gasteiger charge is 2.26. The molecule has 35 heavy (non-hydrogen) atoms. The minimum atomic E-state index is -3.74. The largest absolute Gasteiger partial charge is 0.497 e. The van der Waals surface area contributed by atoms with Gasteiger partial charge in [-0.25, -0.2) is 17.7 Å². The fourth-order valence-corrected chi connectivity index (χ4v) is 6.03. The summed E-state index contributed by atoms with van der Waals surface area (Å²) in [6.07, 6.45) is 3.87. The topological polar surface area (TPSA) is 95.1 Å². The van der Waals surface area contributed by atoms with Gasteiger partial charge in [0.05, 0.1) is 23.9 Å². The molecule has 3 rings (SSSR count). The summed E-state index contributed by atoms with van der Waals surface area (Å²) in [5, 5.41) is 2.81. The van der Waals surface area contributed by atoms with Gasteiger partial charge in [0.2, 0.25) is 15.9 Å². The number of rotatable bonds is 9. The number of nitrogens with zero attached hydrogens (tertiary/aromatic N) is 4. The molecule has 1 aromatic heterocycles. The van der Waals surface area contributed by atoms with Crippen LogP contribution >= 0.6 is 0 Å². The fourth-order valence-electron chi connectivity index (χ4n) is 4.45. The number of ether oxygens (including phenoxy) is 1. The van der Waals surface area contributed by atoms with Crippen molar-refractivity contribution >= 4 is 27.4 Å². The predicted molar refractivity (Wildman–Crippen MR) is 139 cm³/mol. The Bertz CT molecular complexity index is 1100. The van der Waals surface area contributed by atoms with Crippen LogP contribution in [0.2, 0.25) is 0 Å². The van der Waals surface area contributed by atoms with Crippen LogP contribution in [0, 0.1) is 13.8 Å². The van der Waals surface area contributed by atoms with E-state index >= 15 is 0 Å². The molecule has 0 bridgehead atoms. The number of nitrogens with one attached hydrogen (secondary N) is 1. The second-order valence-electron chi connectivity index (χ2n) is 9.30. The van der Waals surface area contributed by atoms with Crippen LogP contribution in [0.5, 0.6) is 5.75 Å². The second-order valence-corrected chi connectivity index (χ2v) is 11.3. The normalized spacial score (nSPS) is 15.0. The fraction of sp³-hybridized carbons (Fsp3) is 0.520. The molecule has 1 saturated heterocycles. The lowest BCUT2D eigenvalue weighted by Crippen LogP contribution is -2.42. The maximum Gasteiger partial charge on any atom is 0.243 e. The molecule has 0 radical (unpaired) electrons. The number of hydrogen-bond acceptors (Lipinski definition) is 7. The predicted octanol–water partition coefficient (Wildman–Crippen LogP) is 2.89. The Labute approximate surface area is 209 Å².